The van der Waals surface area contributed by atoms with Crippen LogP contribution < -0.4 is 5.32 Å². The minimum absolute atomic E-state index is 0.299. The van der Waals surface area contributed by atoms with Gasteiger partial charge in [0.1, 0.15) is 0 Å². The van der Waals surface area contributed by atoms with Gasteiger partial charge in [-0.1, -0.05) is 20.8 Å². The molecule has 0 aromatic carbocycles. The predicted octanol–water partition coefficient (Wildman–Crippen LogP) is 1.98. The van der Waals surface area contributed by atoms with Gasteiger partial charge in [0.2, 0.25) is 0 Å². The molecule has 1 fully saturated rings. The van der Waals surface area contributed by atoms with Gasteiger partial charge >= 0.3 is 0 Å². The van der Waals surface area contributed by atoms with Crippen molar-refractivity contribution >= 4 is 0 Å². The second-order valence-corrected chi connectivity index (χ2v) is 6.27. The standard InChI is InChI=1S/C14H30N2O/c1-11-7-8-16(9-13(11)17-6)10-14(3,4)12(2)15-5/h11-13,15H,7-10H2,1-6H3. The van der Waals surface area contributed by atoms with Crippen molar-refractivity contribution in [3.05, 3.63) is 0 Å². The van der Waals surface area contributed by atoms with E-state index in [0.717, 1.165) is 13.1 Å². The highest BCUT2D eigenvalue weighted by Crippen LogP contribution is 2.26. The highest BCUT2D eigenvalue weighted by molar-refractivity contribution is 4.86. The van der Waals surface area contributed by atoms with Gasteiger partial charge in [0.05, 0.1) is 6.10 Å². The van der Waals surface area contributed by atoms with Crippen LogP contribution in [0, 0.1) is 11.3 Å². The number of hydrogen-bond donors (Lipinski definition) is 1. The molecule has 1 saturated heterocycles. The first-order chi connectivity index (χ1) is 7.90. The Morgan fingerprint density at radius 2 is 2.12 bits per heavy atom. The number of likely N-dealkylation sites (tertiary alicyclic amines) is 1. The zero-order chi connectivity index (χ0) is 13.1. The van der Waals surface area contributed by atoms with E-state index in [4.69, 9.17) is 4.74 Å². The Morgan fingerprint density at radius 3 is 2.65 bits per heavy atom. The molecule has 1 heterocycles. The SMILES string of the molecule is CNC(C)C(C)(C)CN1CCC(C)C(OC)C1. The lowest BCUT2D eigenvalue weighted by Gasteiger charge is -2.42. The highest BCUT2D eigenvalue weighted by atomic mass is 16.5. The van der Waals surface area contributed by atoms with Crippen LogP contribution in [0.1, 0.15) is 34.1 Å². The van der Waals surface area contributed by atoms with Gasteiger partial charge < -0.3 is 15.0 Å². The monoisotopic (exact) mass is 242 g/mol. The zero-order valence-corrected chi connectivity index (χ0v) is 12.4. The molecule has 0 aromatic rings. The molecule has 0 saturated carbocycles. The topological polar surface area (TPSA) is 24.5 Å². The molecule has 3 atom stereocenters. The number of nitrogens with zero attached hydrogens (tertiary/aromatic N) is 1. The molecule has 0 bridgehead atoms. The maximum atomic E-state index is 5.58. The quantitative estimate of drug-likeness (QED) is 0.798. The Bertz CT molecular complexity index is 230. The minimum atomic E-state index is 0.299. The molecule has 1 aliphatic rings. The fraction of sp³-hybridized carbons (Fsp3) is 1.00. The van der Waals surface area contributed by atoms with Gasteiger partial charge in [-0.15, -0.1) is 0 Å². The lowest BCUT2D eigenvalue weighted by atomic mass is 9.83. The maximum absolute atomic E-state index is 5.58. The molecule has 0 aromatic heterocycles. The van der Waals surface area contributed by atoms with E-state index in [9.17, 15) is 0 Å². The maximum Gasteiger partial charge on any atom is 0.0724 e. The van der Waals surface area contributed by atoms with Crippen molar-refractivity contribution in [1.82, 2.24) is 10.2 Å². The first-order valence-electron chi connectivity index (χ1n) is 6.83. The van der Waals surface area contributed by atoms with Gasteiger partial charge in [0.25, 0.3) is 0 Å². The van der Waals surface area contributed by atoms with Crippen molar-refractivity contribution in [3.63, 3.8) is 0 Å². The minimum Gasteiger partial charge on any atom is -0.380 e. The second-order valence-electron chi connectivity index (χ2n) is 6.27. The van der Waals surface area contributed by atoms with E-state index in [2.05, 4.69) is 37.9 Å². The van der Waals surface area contributed by atoms with Gasteiger partial charge in [-0.3, -0.25) is 0 Å². The number of methoxy groups -OCH3 is 1. The van der Waals surface area contributed by atoms with Gasteiger partial charge in [0, 0.05) is 26.2 Å². The molecule has 17 heavy (non-hydrogen) atoms. The average Bonchev–Trinajstić information content (AvgIpc) is 2.30. The van der Waals surface area contributed by atoms with Crippen LogP contribution in [0.3, 0.4) is 0 Å². The Labute approximate surface area is 107 Å². The summed E-state index contributed by atoms with van der Waals surface area (Å²) in [7, 11) is 3.88. The summed E-state index contributed by atoms with van der Waals surface area (Å²) in [6.07, 6.45) is 1.66. The molecule has 0 radical (unpaired) electrons. The van der Waals surface area contributed by atoms with Crippen molar-refractivity contribution in [2.24, 2.45) is 11.3 Å². The van der Waals surface area contributed by atoms with Crippen molar-refractivity contribution < 1.29 is 4.74 Å². The van der Waals surface area contributed by atoms with E-state index < -0.39 is 0 Å². The van der Waals surface area contributed by atoms with E-state index in [0.29, 0.717) is 23.5 Å². The molecule has 1 N–H and O–H groups in total. The number of piperidine rings is 1. The van der Waals surface area contributed by atoms with E-state index in [1.807, 2.05) is 14.2 Å². The van der Waals surface area contributed by atoms with E-state index in [-0.39, 0.29) is 0 Å². The van der Waals surface area contributed by atoms with Crippen molar-refractivity contribution in [1.29, 1.82) is 0 Å². The number of nitrogens with one attached hydrogen (secondary N) is 1. The fourth-order valence-corrected chi connectivity index (χ4v) is 2.65. The van der Waals surface area contributed by atoms with Crippen LogP contribution in [0.2, 0.25) is 0 Å². The summed E-state index contributed by atoms with van der Waals surface area (Å²) in [4.78, 5) is 2.56. The van der Waals surface area contributed by atoms with E-state index in [1.165, 1.54) is 13.0 Å². The first-order valence-corrected chi connectivity index (χ1v) is 6.83. The molecule has 3 unspecified atom stereocenters. The van der Waals surface area contributed by atoms with Crippen LogP contribution in [0.25, 0.3) is 0 Å². The van der Waals surface area contributed by atoms with E-state index >= 15 is 0 Å². The second kappa shape index (κ2) is 6.17. The van der Waals surface area contributed by atoms with Crippen LogP contribution in [0.4, 0.5) is 0 Å². The van der Waals surface area contributed by atoms with Gasteiger partial charge in [-0.05, 0) is 38.3 Å². The molecule has 102 valence electrons. The third-order valence-corrected chi connectivity index (χ3v) is 4.51. The van der Waals surface area contributed by atoms with Gasteiger partial charge in [0.15, 0.2) is 0 Å². The molecule has 1 rings (SSSR count). The summed E-state index contributed by atoms with van der Waals surface area (Å²) in [6.45, 7) is 12.7. The third-order valence-electron chi connectivity index (χ3n) is 4.51. The Kier molecular flexibility index (Phi) is 5.42. The van der Waals surface area contributed by atoms with Crippen LogP contribution in [0.5, 0.6) is 0 Å². The molecule has 3 nitrogen and oxygen atoms in total. The number of ether oxygens (including phenoxy) is 1. The smallest absolute Gasteiger partial charge is 0.0724 e. The molecule has 0 spiro atoms. The summed E-state index contributed by atoms with van der Waals surface area (Å²) in [5.74, 6) is 0.695. The molecular formula is C14H30N2O. The Hall–Kier alpha value is -0.120. The van der Waals surface area contributed by atoms with Crippen molar-refractivity contribution in [3.8, 4) is 0 Å². The Morgan fingerprint density at radius 1 is 1.47 bits per heavy atom. The Balaban J connectivity index is 2.52. The van der Waals surface area contributed by atoms with Crippen LogP contribution in [-0.4, -0.2) is 50.8 Å². The van der Waals surface area contributed by atoms with Crippen LogP contribution in [-0.2, 0) is 4.74 Å². The van der Waals surface area contributed by atoms with E-state index in [1.54, 1.807) is 0 Å². The number of hydrogen-bond acceptors (Lipinski definition) is 3. The summed E-state index contributed by atoms with van der Waals surface area (Å²) < 4.78 is 5.58. The molecule has 1 aliphatic heterocycles. The summed E-state index contributed by atoms with van der Waals surface area (Å²) in [5.41, 5.74) is 0.299. The lowest BCUT2D eigenvalue weighted by Crippen LogP contribution is -2.51. The molecule has 3 heteroatoms. The van der Waals surface area contributed by atoms with Gasteiger partial charge in [-0.2, -0.15) is 0 Å². The largest absolute Gasteiger partial charge is 0.380 e. The predicted molar refractivity (Wildman–Crippen MR) is 73.3 cm³/mol. The van der Waals surface area contributed by atoms with Gasteiger partial charge in [-0.25, -0.2) is 0 Å². The third kappa shape index (κ3) is 3.94. The average molecular weight is 242 g/mol. The summed E-state index contributed by atoms with van der Waals surface area (Å²) >= 11 is 0. The highest BCUT2D eigenvalue weighted by Gasteiger charge is 2.32. The fourth-order valence-electron chi connectivity index (χ4n) is 2.65. The summed E-state index contributed by atoms with van der Waals surface area (Å²) in [6, 6.07) is 0.530. The molecule has 0 aliphatic carbocycles. The first kappa shape index (κ1) is 14.9. The zero-order valence-electron chi connectivity index (χ0n) is 12.4. The van der Waals surface area contributed by atoms with Crippen molar-refractivity contribution in [2.45, 2.75) is 46.3 Å². The normalized spacial score (nSPS) is 29.3. The summed E-state index contributed by atoms with van der Waals surface area (Å²) in [5, 5.41) is 3.37. The number of rotatable bonds is 5. The molecular weight excluding hydrogens is 212 g/mol. The van der Waals surface area contributed by atoms with Crippen molar-refractivity contribution in [2.75, 3.05) is 33.8 Å². The molecule has 0 amide bonds. The lowest BCUT2D eigenvalue weighted by molar-refractivity contribution is -0.0176. The van der Waals surface area contributed by atoms with Crippen LogP contribution in [0.15, 0.2) is 0 Å². The van der Waals surface area contributed by atoms with Crippen LogP contribution >= 0.6 is 0 Å².